The molecular weight excluding hydrogens is 466 g/mol. The molecule has 10 nitrogen and oxygen atoms in total. The van der Waals surface area contributed by atoms with Gasteiger partial charge < -0.3 is 20.1 Å². The highest BCUT2D eigenvalue weighted by Crippen LogP contribution is 2.30. The molecule has 0 unspecified atom stereocenters. The predicted octanol–water partition coefficient (Wildman–Crippen LogP) is 3.12. The fourth-order valence-electron chi connectivity index (χ4n) is 6.52. The normalized spacial score (nSPS) is 20.9. The van der Waals surface area contributed by atoms with Crippen LogP contribution < -0.4 is 5.73 Å². The number of carbonyl (C=O) groups is 1. The summed E-state index contributed by atoms with van der Waals surface area (Å²) >= 11 is 0. The van der Waals surface area contributed by atoms with Crippen LogP contribution in [0.2, 0.25) is 0 Å². The summed E-state index contributed by atoms with van der Waals surface area (Å²) in [7, 11) is 1.97. The van der Waals surface area contributed by atoms with E-state index in [0.717, 1.165) is 23.8 Å². The minimum Gasteiger partial charge on any atom is -0.382 e. The largest absolute Gasteiger partial charge is 0.382 e. The summed E-state index contributed by atoms with van der Waals surface area (Å²) in [5.74, 6) is 1.68. The van der Waals surface area contributed by atoms with Crippen molar-refractivity contribution in [3.05, 3.63) is 29.6 Å². The van der Waals surface area contributed by atoms with E-state index >= 15 is 0 Å². The summed E-state index contributed by atoms with van der Waals surface area (Å²) < 4.78 is 3.92. The zero-order valence-electron chi connectivity index (χ0n) is 22.1. The van der Waals surface area contributed by atoms with Gasteiger partial charge in [-0.2, -0.15) is 5.10 Å². The molecule has 3 fully saturated rings. The Morgan fingerprint density at radius 1 is 1.03 bits per heavy atom. The first-order chi connectivity index (χ1) is 18.0. The fourth-order valence-corrected chi connectivity index (χ4v) is 6.52. The van der Waals surface area contributed by atoms with Crippen LogP contribution in [0.5, 0.6) is 0 Å². The molecule has 37 heavy (non-hydrogen) atoms. The molecule has 10 heteroatoms. The molecule has 1 saturated carbocycles. The Morgan fingerprint density at radius 3 is 2.49 bits per heavy atom. The van der Waals surface area contributed by atoms with Crippen LogP contribution in [0.3, 0.4) is 0 Å². The lowest BCUT2D eigenvalue weighted by atomic mass is 9.90. The van der Waals surface area contributed by atoms with Gasteiger partial charge in [0.1, 0.15) is 11.3 Å². The highest BCUT2D eigenvalue weighted by molar-refractivity contribution is 5.93. The Bertz CT molecular complexity index is 1260. The molecule has 3 aromatic rings. The Balaban J connectivity index is 1.04. The average Bonchev–Trinajstić information content (AvgIpc) is 3.31. The monoisotopic (exact) mass is 505 g/mol. The quantitative estimate of drug-likeness (QED) is 0.530. The standard InChI is InChI=1S/C27H39N9O/c1-18-30-25(28)24-26(31-18)36(17-29-24)22-15-35(16-22)27(37)23-14-21(33(2)32-23)13-19-9-11-34(12-10-19)20-7-5-3-4-6-8-20/h14,17,19-20,22H,3-13,15-16H2,1-2H3,(H2,28,30,31). The summed E-state index contributed by atoms with van der Waals surface area (Å²) in [6.07, 6.45) is 13.6. The lowest BCUT2D eigenvalue weighted by Crippen LogP contribution is -2.50. The SMILES string of the molecule is Cc1nc(N)c2ncn(C3CN(C(=O)c4cc(CC5CCN(C6CCCCCC6)CC5)n(C)n4)C3)c2n1. The number of piperidine rings is 1. The van der Waals surface area contributed by atoms with Crippen LogP contribution in [0.1, 0.15) is 79.4 Å². The highest BCUT2D eigenvalue weighted by atomic mass is 16.2. The number of nitrogens with zero attached hydrogens (tertiary/aromatic N) is 8. The third-order valence-electron chi connectivity index (χ3n) is 8.79. The van der Waals surface area contributed by atoms with E-state index in [0.29, 0.717) is 41.9 Å². The fraction of sp³-hybridized carbons (Fsp3) is 0.667. The number of aromatic nitrogens is 6. The molecule has 1 aliphatic carbocycles. The van der Waals surface area contributed by atoms with E-state index in [1.165, 1.54) is 64.5 Å². The van der Waals surface area contributed by atoms with E-state index in [1.54, 1.807) is 6.33 Å². The highest BCUT2D eigenvalue weighted by Gasteiger charge is 2.35. The van der Waals surface area contributed by atoms with E-state index in [4.69, 9.17) is 5.73 Å². The number of hydrogen-bond acceptors (Lipinski definition) is 7. The molecule has 0 radical (unpaired) electrons. The zero-order chi connectivity index (χ0) is 25.5. The topological polar surface area (TPSA) is 111 Å². The first-order valence-electron chi connectivity index (χ1n) is 14.0. The van der Waals surface area contributed by atoms with Crippen LogP contribution in [-0.4, -0.2) is 77.2 Å². The summed E-state index contributed by atoms with van der Waals surface area (Å²) in [5, 5.41) is 4.60. The van der Waals surface area contributed by atoms with Crippen molar-refractivity contribution < 1.29 is 4.79 Å². The molecule has 3 aromatic heterocycles. The van der Waals surface area contributed by atoms with Crippen molar-refractivity contribution in [2.45, 2.75) is 76.8 Å². The predicted molar refractivity (Wildman–Crippen MR) is 142 cm³/mol. The van der Waals surface area contributed by atoms with Crippen LogP contribution in [0.4, 0.5) is 5.82 Å². The second-order valence-corrected chi connectivity index (χ2v) is 11.3. The maximum Gasteiger partial charge on any atom is 0.274 e. The van der Waals surface area contributed by atoms with E-state index in [2.05, 4.69) is 25.0 Å². The Hall–Kier alpha value is -3.01. The second kappa shape index (κ2) is 10.0. The van der Waals surface area contributed by atoms with Gasteiger partial charge in [0.15, 0.2) is 17.2 Å². The van der Waals surface area contributed by atoms with Gasteiger partial charge in [-0.25, -0.2) is 15.0 Å². The number of anilines is 1. The van der Waals surface area contributed by atoms with E-state index in [-0.39, 0.29) is 11.9 Å². The van der Waals surface area contributed by atoms with Crippen LogP contribution >= 0.6 is 0 Å². The van der Waals surface area contributed by atoms with Crippen LogP contribution in [0, 0.1) is 12.8 Å². The molecule has 5 heterocycles. The number of nitrogens with two attached hydrogens (primary N) is 1. The molecule has 2 aliphatic heterocycles. The minimum absolute atomic E-state index is 0.00368. The molecule has 198 valence electrons. The molecule has 0 aromatic carbocycles. The minimum atomic E-state index is -0.00368. The van der Waals surface area contributed by atoms with Gasteiger partial charge in [-0.15, -0.1) is 0 Å². The number of aryl methyl sites for hydroxylation is 2. The zero-order valence-corrected chi connectivity index (χ0v) is 22.1. The molecule has 0 bridgehead atoms. The second-order valence-electron chi connectivity index (χ2n) is 11.3. The molecule has 0 atom stereocenters. The third-order valence-corrected chi connectivity index (χ3v) is 8.79. The Morgan fingerprint density at radius 2 is 1.76 bits per heavy atom. The van der Waals surface area contributed by atoms with Crippen molar-refractivity contribution in [3.8, 4) is 0 Å². The molecule has 2 saturated heterocycles. The van der Waals surface area contributed by atoms with Gasteiger partial charge in [0.25, 0.3) is 5.91 Å². The van der Waals surface area contributed by atoms with Crippen molar-refractivity contribution in [1.82, 2.24) is 39.1 Å². The average molecular weight is 506 g/mol. The van der Waals surface area contributed by atoms with Crippen LogP contribution in [-0.2, 0) is 13.5 Å². The number of amides is 1. The van der Waals surface area contributed by atoms with Gasteiger partial charge in [-0.1, -0.05) is 25.7 Å². The summed E-state index contributed by atoms with van der Waals surface area (Å²) in [4.78, 5) is 30.9. The summed E-state index contributed by atoms with van der Waals surface area (Å²) in [5.41, 5.74) is 9.06. The van der Waals surface area contributed by atoms with Gasteiger partial charge in [0.05, 0.1) is 12.4 Å². The van der Waals surface area contributed by atoms with E-state index < -0.39 is 0 Å². The van der Waals surface area contributed by atoms with Crippen molar-refractivity contribution in [1.29, 1.82) is 0 Å². The van der Waals surface area contributed by atoms with Crippen LogP contribution in [0.25, 0.3) is 11.2 Å². The molecular formula is C27H39N9O. The Kier molecular flexibility index (Phi) is 6.60. The number of nitrogen functional groups attached to an aromatic ring is 1. The van der Waals surface area contributed by atoms with E-state index in [9.17, 15) is 4.79 Å². The number of rotatable bonds is 5. The summed E-state index contributed by atoms with van der Waals surface area (Å²) in [6, 6.07) is 2.94. The lowest BCUT2D eigenvalue weighted by Gasteiger charge is -2.39. The molecule has 2 N–H and O–H groups in total. The number of fused-ring (bicyclic) bond motifs is 1. The number of hydrogen-bond donors (Lipinski definition) is 1. The van der Waals surface area contributed by atoms with Gasteiger partial charge in [-0.3, -0.25) is 9.48 Å². The van der Waals surface area contributed by atoms with Crippen molar-refractivity contribution in [3.63, 3.8) is 0 Å². The van der Waals surface area contributed by atoms with Crippen LogP contribution in [0.15, 0.2) is 12.4 Å². The van der Waals surface area contributed by atoms with Crippen molar-refractivity contribution >= 4 is 22.9 Å². The maximum absolute atomic E-state index is 13.2. The van der Waals surface area contributed by atoms with Crippen molar-refractivity contribution in [2.24, 2.45) is 13.0 Å². The number of carbonyl (C=O) groups excluding carboxylic acids is 1. The summed E-state index contributed by atoms with van der Waals surface area (Å²) in [6.45, 7) is 5.47. The van der Waals surface area contributed by atoms with E-state index in [1.807, 2.05) is 34.2 Å². The van der Waals surface area contributed by atoms with Gasteiger partial charge in [0.2, 0.25) is 0 Å². The first-order valence-corrected chi connectivity index (χ1v) is 14.0. The molecule has 6 rings (SSSR count). The Labute approximate surface area is 218 Å². The molecule has 0 spiro atoms. The molecule has 1 amide bonds. The molecule has 3 aliphatic rings. The third kappa shape index (κ3) is 4.83. The number of likely N-dealkylation sites (tertiary alicyclic amines) is 2. The first kappa shape index (κ1) is 24.3. The van der Waals surface area contributed by atoms with Gasteiger partial charge in [0, 0.05) is 31.9 Å². The van der Waals surface area contributed by atoms with Gasteiger partial charge in [-0.05, 0) is 64.1 Å². The lowest BCUT2D eigenvalue weighted by molar-refractivity contribution is 0.0518. The van der Waals surface area contributed by atoms with Gasteiger partial charge >= 0.3 is 0 Å². The maximum atomic E-state index is 13.2. The number of imidazole rings is 1. The smallest absolute Gasteiger partial charge is 0.274 e. The van der Waals surface area contributed by atoms with Crippen molar-refractivity contribution in [2.75, 3.05) is 31.9 Å².